The maximum Gasteiger partial charge on any atom is 0.305 e. The Morgan fingerprint density at radius 1 is 0.756 bits per heavy atom. The van der Waals surface area contributed by atoms with Gasteiger partial charge in [0.2, 0.25) is 11.8 Å². The molecule has 0 aliphatic carbocycles. The summed E-state index contributed by atoms with van der Waals surface area (Å²) in [6, 6.07) is 30.7. The Morgan fingerprint density at radius 3 is 2.13 bits per heavy atom. The van der Waals surface area contributed by atoms with Crippen LogP contribution >= 0.6 is 0 Å². The molecular weight excluding hydrogens is 568 g/mol. The van der Waals surface area contributed by atoms with Gasteiger partial charge in [0.15, 0.2) is 0 Å². The molecule has 0 radical (unpaired) electrons. The number of nitrogens with one attached hydrogen (secondary N) is 3. The number of carbonyl (C=O) groups excluding carboxylic acids is 2. The number of anilines is 1. The fraction of sp³-hybridized carbons (Fsp3) is 0.278. The van der Waals surface area contributed by atoms with Crippen molar-refractivity contribution in [2.24, 2.45) is 0 Å². The zero-order valence-corrected chi connectivity index (χ0v) is 25.2. The number of nitrogens with zero attached hydrogens (tertiary/aromatic N) is 1. The molecule has 234 valence electrons. The van der Waals surface area contributed by atoms with Crippen molar-refractivity contribution >= 4 is 23.6 Å². The third-order valence-electron chi connectivity index (χ3n) is 7.21. The third-order valence-corrected chi connectivity index (χ3v) is 7.21. The molecule has 4 rings (SSSR count). The Labute approximate surface area is 264 Å². The van der Waals surface area contributed by atoms with Crippen LogP contribution in [0, 0.1) is 0 Å². The van der Waals surface area contributed by atoms with Gasteiger partial charge in [-0.25, -0.2) is 4.98 Å². The predicted molar refractivity (Wildman–Crippen MR) is 174 cm³/mol. The van der Waals surface area contributed by atoms with E-state index in [0.717, 1.165) is 41.9 Å². The average Bonchev–Trinajstić information content (AvgIpc) is 3.07. The Bertz CT molecular complexity index is 1470. The van der Waals surface area contributed by atoms with Gasteiger partial charge >= 0.3 is 5.97 Å². The van der Waals surface area contributed by atoms with Crippen LogP contribution in [0.4, 0.5) is 5.82 Å². The second-order valence-corrected chi connectivity index (χ2v) is 10.7. The summed E-state index contributed by atoms with van der Waals surface area (Å²) in [5, 5.41) is 18.5. The Hall–Kier alpha value is -5.02. The number of rotatable bonds is 18. The first-order valence-corrected chi connectivity index (χ1v) is 15.2. The lowest BCUT2D eigenvalue weighted by atomic mass is 9.99. The van der Waals surface area contributed by atoms with E-state index < -0.39 is 24.0 Å². The standard InChI is InChI=1S/C36H40N4O5/c41-34(17-8-3-10-22-37-33-16-9-11-23-38-33)39-32(26-45-25-27-12-4-1-5-13-27)36(44)40-31(24-35(42)43)30-20-18-29(19-21-30)28-14-6-2-7-15-28/h1-2,4-7,9,11-16,18-21,23,31-32H,3,8,10,17,22,24-26H2,(H,37,38)(H,39,41)(H,40,44)(H,42,43)/t31?,32-/m0/s1. The van der Waals surface area contributed by atoms with Crippen molar-refractivity contribution in [2.75, 3.05) is 18.5 Å². The first kappa shape index (κ1) is 32.9. The molecule has 2 amide bonds. The molecule has 1 heterocycles. The summed E-state index contributed by atoms with van der Waals surface area (Å²) >= 11 is 0. The van der Waals surface area contributed by atoms with Crippen LogP contribution < -0.4 is 16.0 Å². The van der Waals surface area contributed by atoms with E-state index in [1.807, 2.05) is 103 Å². The number of aliphatic carboxylic acids is 1. The fourth-order valence-corrected chi connectivity index (χ4v) is 4.83. The van der Waals surface area contributed by atoms with E-state index in [1.54, 1.807) is 6.20 Å². The molecule has 0 bridgehead atoms. The minimum Gasteiger partial charge on any atom is -0.481 e. The number of aromatic nitrogens is 1. The number of hydrogen-bond donors (Lipinski definition) is 4. The SMILES string of the molecule is O=C(O)CC(NC(=O)[C@H](COCc1ccccc1)NC(=O)CCCCCNc1ccccn1)c1ccc(-c2ccccc2)cc1. The van der Waals surface area contributed by atoms with Crippen molar-refractivity contribution in [1.29, 1.82) is 0 Å². The first-order chi connectivity index (χ1) is 22.0. The highest BCUT2D eigenvalue weighted by Gasteiger charge is 2.26. The molecule has 0 spiro atoms. The van der Waals surface area contributed by atoms with Gasteiger partial charge in [0.05, 0.1) is 25.7 Å². The number of benzene rings is 3. The second kappa shape index (κ2) is 17.9. The molecule has 1 unspecified atom stereocenters. The summed E-state index contributed by atoms with van der Waals surface area (Å²) in [6.45, 7) is 0.949. The van der Waals surface area contributed by atoms with Crippen molar-refractivity contribution in [1.82, 2.24) is 15.6 Å². The molecule has 9 heteroatoms. The van der Waals surface area contributed by atoms with Gasteiger partial charge in [-0.3, -0.25) is 14.4 Å². The normalized spacial score (nSPS) is 12.1. The highest BCUT2D eigenvalue weighted by atomic mass is 16.5. The predicted octanol–water partition coefficient (Wildman–Crippen LogP) is 5.75. The molecule has 4 N–H and O–H groups in total. The van der Waals surface area contributed by atoms with E-state index in [-0.39, 0.29) is 32.0 Å². The van der Waals surface area contributed by atoms with Gasteiger partial charge in [-0.15, -0.1) is 0 Å². The molecule has 0 aliphatic rings. The second-order valence-electron chi connectivity index (χ2n) is 10.7. The number of amides is 2. The van der Waals surface area contributed by atoms with Crippen LogP contribution in [0.2, 0.25) is 0 Å². The summed E-state index contributed by atoms with van der Waals surface area (Å²) in [5.74, 6) is -1.01. The quantitative estimate of drug-likeness (QED) is 0.106. The van der Waals surface area contributed by atoms with Crippen LogP contribution in [0.25, 0.3) is 11.1 Å². The van der Waals surface area contributed by atoms with Crippen molar-refractivity contribution < 1.29 is 24.2 Å². The molecule has 0 saturated carbocycles. The van der Waals surface area contributed by atoms with Gasteiger partial charge in [-0.1, -0.05) is 97.4 Å². The van der Waals surface area contributed by atoms with Gasteiger partial charge in [-0.05, 0) is 47.2 Å². The highest BCUT2D eigenvalue weighted by Crippen LogP contribution is 2.23. The number of carbonyl (C=O) groups is 3. The lowest BCUT2D eigenvalue weighted by molar-refractivity contribution is -0.138. The minimum atomic E-state index is -1.05. The number of carboxylic acid groups (broad SMARTS) is 1. The number of carboxylic acids is 1. The number of ether oxygens (including phenoxy) is 1. The molecule has 45 heavy (non-hydrogen) atoms. The van der Waals surface area contributed by atoms with Gasteiger partial charge in [0.25, 0.3) is 0 Å². The smallest absolute Gasteiger partial charge is 0.305 e. The summed E-state index contributed by atoms with van der Waals surface area (Å²) < 4.78 is 5.83. The van der Waals surface area contributed by atoms with Gasteiger partial charge in [0, 0.05) is 19.2 Å². The molecule has 1 aromatic heterocycles. The first-order valence-electron chi connectivity index (χ1n) is 15.2. The Morgan fingerprint density at radius 2 is 1.44 bits per heavy atom. The van der Waals surface area contributed by atoms with Crippen molar-refractivity contribution in [3.05, 3.63) is 120 Å². The molecule has 3 aromatic carbocycles. The van der Waals surface area contributed by atoms with E-state index in [0.29, 0.717) is 12.0 Å². The molecule has 2 atom stereocenters. The molecule has 4 aromatic rings. The fourth-order valence-electron chi connectivity index (χ4n) is 4.83. The van der Waals surface area contributed by atoms with Gasteiger partial charge in [0.1, 0.15) is 11.9 Å². The zero-order valence-electron chi connectivity index (χ0n) is 25.2. The molecule has 0 saturated heterocycles. The lowest BCUT2D eigenvalue weighted by Gasteiger charge is -2.23. The monoisotopic (exact) mass is 608 g/mol. The van der Waals surface area contributed by atoms with Crippen molar-refractivity contribution in [3.63, 3.8) is 0 Å². The molecule has 9 nitrogen and oxygen atoms in total. The third kappa shape index (κ3) is 11.5. The molecule has 0 fully saturated rings. The summed E-state index contributed by atoms with van der Waals surface area (Å²) in [5.41, 5.74) is 3.60. The summed E-state index contributed by atoms with van der Waals surface area (Å²) in [7, 11) is 0. The lowest BCUT2D eigenvalue weighted by Crippen LogP contribution is -2.50. The van der Waals surface area contributed by atoms with Crippen LogP contribution in [0.15, 0.2) is 109 Å². The molecular formula is C36H40N4O5. The van der Waals surface area contributed by atoms with E-state index in [2.05, 4.69) is 20.9 Å². The number of pyridine rings is 1. The van der Waals surface area contributed by atoms with Crippen LogP contribution in [-0.2, 0) is 25.7 Å². The van der Waals surface area contributed by atoms with Crippen LogP contribution in [0.5, 0.6) is 0 Å². The number of unbranched alkanes of at least 4 members (excludes halogenated alkanes) is 2. The average molecular weight is 609 g/mol. The van der Waals surface area contributed by atoms with Crippen molar-refractivity contribution in [2.45, 2.75) is 50.8 Å². The topological polar surface area (TPSA) is 130 Å². The van der Waals surface area contributed by atoms with Crippen molar-refractivity contribution in [3.8, 4) is 11.1 Å². The minimum absolute atomic E-state index is 0.0623. The van der Waals surface area contributed by atoms with E-state index in [4.69, 9.17) is 4.74 Å². The zero-order chi connectivity index (χ0) is 31.7. The van der Waals surface area contributed by atoms with Crippen LogP contribution in [-0.4, -0.2) is 47.1 Å². The number of hydrogen-bond acceptors (Lipinski definition) is 6. The summed E-state index contributed by atoms with van der Waals surface area (Å²) in [6.07, 6.45) is 4.03. The van der Waals surface area contributed by atoms with E-state index in [1.165, 1.54) is 0 Å². The van der Waals surface area contributed by atoms with E-state index >= 15 is 0 Å². The molecule has 0 aliphatic heterocycles. The van der Waals surface area contributed by atoms with Gasteiger partial charge in [-0.2, -0.15) is 0 Å². The van der Waals surface area contributed by atoms with Crippen LogP contribution in [0.3, 0.4) is 0 Å². The Balaban J connectivity index is 1.35. The maximum absolute atomic E-state index is 13.5. The van der Waals surface area contributed by atoms with Crippen LogP contribution in [0.1, 0.15) is 49.3 Å². The summed E-state index contributed by atoms with van der Waals surface area (Å²) in [4.78, 5) is 42.4. The van der Waals surface area contributed by atoms with E-state index in [9.17, 15) is 19.5 Å². The Kier molecular flexibility index (Phi) is 13.1. The maximum atomic E-state index is 13.5. The largest absolute Gasteiger partial charge is 0.481 e. The highest BCUT2D eigenvalue weighted by molar-refractivity contribution is 5.88. The van der Waals surface area contributed by atoms with Gasteiger partial charge < -0.3 is 25.8 Å².